The number of benzene rings is 4. The Labute approximate surface area is 669 Å². The van der Waals surface area contributed by atoms with E-state index in [-0.39, 0.29) is 99.9 Å². The molecule has 0 radical (unpaired) electrons. The largest absolute Gasteiger partial charge is 0.481 e. The number of amides is 10. The van der Waals surface area contributed by atoms with E-state index >= 15 is 0 Å². The highest BCUT2D eigenvalue weighted by atomic mass is 16.4. The van der Waals surface area contributed by atoms with Gasteiger partial charge < -0.3 is 94.4 Å². The van der Waals surface area contributed by atoms with E-state index in [9.17, 15) is 87.5 Å². The lowest BCUT2D eigenvalue weighted by atomic mass is 10.0. The number of carboxylic acids is 6. The molecule has 0 fully saturated rings. The van der Waals surface area contributed by atoms with Crippen LogP contribution < -0.4 is 80.2 Å². The lowest BCUT2D eigenvalue weighted by molar-refractivity contribution is -0.142. The molecule has 0 aliphatic rings. The molecule has 21 N–H and O–H groups in total. The zero-order valence-electron chi connectivity index (χ0n) is 65.1. The minimum absolute atomic E-state index is 0.00190. The Morgan fingerprint density at radius 1 is 0.252 bits per heavy atom. The molecule has 0 heterocycles. The number of hydrogen-bond acceptors (Lipinski definition) is 19. The Morgan fingerprint density at radius 3 is 0.843 bits per heavy atom. The van der Waals surface area contributed by atoms with Crippen LogP contribution in [0.15, 0.2) is 121 Å². The summed E-state index contributed by atoms with van der Waals surface area (Å²) in [5.74, 6) is -9.84. The number of carbonyl (C=O) groups excluding carboxylic acids is 8. The quantitative estimate of drug-likeness (QED) is 0.0223. The summed E-state index contributed by atoms with van der Waals surface area (Å²) >= 11 is 0. The van der Waals surface area contributed by atoms with Crippen LogP contribution in [-0.2, 0) is 83.2 Å². The topological polar surface area (TPSA) is 541 Å². The minimum Gasteiger partial charge on any atom is -0.481 e. The summed E-state index contributed by atoms with van der Waals surface area (Å²) in [5.41, 5.74) is 12.7. The molecule has 4 rings (SSSR count). The smallest absolute Gasteiger partial charge is 0.326 e. The summed E-state index contributed by atoms with van der Waals surface area (Å²) in [6.07, 6.45) is 8.64. The van der Waals surface area contributed by atoms with Crippen molar-refractivity contribution in [1.82, 2.24) is 80.2 Å². The SMILES string of the molecule is O=C(O)CCC(NC(=O)NC(CCCCNC(=O)CCCCCCCNC(=O)C(Cc1ccccc1)NC(=O)C(Cc1ccccc1)NCCNNNCCNC(Cc1ccccc1)C(=O)NC(Cc1ccccc1)C(=O)NCCCCCCCC(=O)NCCCCC(NC(=O)NC(CCC(=O)O)C(=O)O)C(=O)O)C(=O)O)C(=O)O. The van der Waals surface area contributed by atoms with Gasteiger partial charge in [-0.05, 0) is 112 Å². The molecule has 0 aliphatic heterocycles. The number of aliphatic carboxylic acids is 6. The van der Waals surface area contributed by atoms with Crippen LogP contribution in [0.2, 0.25) is 0 Å². The van der Waals surface area contributed by atoms with Gasteiger partial charge in [-0.3, -0.25) is 38.4 Å². The second-order valence-electron chi connectivity index (χ2n) is 27.8. The zero-order valence-corrected chi connectivity index (χ0v) is 65.1. The molecule has 115 heavy (non-hydrogen) atoms. The van der Waals surface area contributed by atoms with Crippen molar-refractivity contribution in [2.75, 3.05) is 52.4 Å². The second kappa shape index (κ2) is 57.8. The fourth-order valence-electron chi connectivity index (χ4n) is 12.1. The normalized spacial score (nSPS) is 13.1. The number of carbonyl (C=O) groups is 14. The van der Waals surface area contributed by atoms with Crippen molar-refractivity contribution in [3.05, 3.63) is 144 Å². The number of urea groups is 2. The maximum Gasteiger partial charge on any atom is 0.326 e. The lowest BCUT2D eigenvalue weighted by Crippen LogP contribution is -2.56. The van der Waals surface area contributed by atoms with E-state index < -0.39 is 109 Å². The first-order valence-electron chi connectivity index (χ1n) is 39.4. The first-order chi connectivity index (χ1) is 55.4. The van der Waals surface area contributed by atoms with Crippen LogP contribution >= 0.6 is 0 Å². The summed E-state index contributed by atoms with van der Waals surface area (Å²) in [6.45, 7) is 2.68. The van der Waals surface area contributed by atoms with E-state index in [1.807, 2.05) is 121 Å². The van der Waals surface area contributed by atoms with Gasteiger partial charge in [0.2, 0.25) is 35.4 Å². The van der Waals surface area contributed by atoms with Gasteiger partial charge in [0.25, 0.3) is 0 Å². The molecule has 35 nitrogen and oxygen atoms in total. The van der Waals surface area contributed by atoms with Crippen LogP contribution in [0, 0.1) is 0 Å². The van der Waals surface area contributed by atoms with Crippen LogP contribution in [0.5, 0.6) is 0 Å². The third-order valence-corrected chi connectivity index (χ3v) is 18.4. The van der Waals surface area contributed by atoms with Gasteiger partial charge in [0.15, 0.2) is 0 Å². The molecule has 10 amide bonds. The second-order valence-corrected chi connectivity index (χ2v) is 27.8. The van der Waals surface area contributed by atoms with Crippen LogP contribution in [0.1, 0.15) is 164 Å². The fraction of sp³-hybridized carbons (Fsp3) is 0.525. The van der Waals surface area contributed by atoms with Crippen molar-refractivity contribution in [3.63, 3.8) is 0 Å². The van der Waals surface area contributed by atoms with Gasteiger partial charge in [-0.25, -0.2) is 39.6 Å². The highest BCUT2D eigenvalue weighted by molar-refractivity contribution is 5.92. The third-order valence-electron chi connectivity index (χ3n) is 18.4. The first kappa shape index (κ1) is 96.2. The molecule has 4 aromatic rings. The Morgan fingerprint density at radius 2 is 0.530 bits per heavy atom. The van der Waals surface area contributed by atoms with E-state index in [0.29, 0.717) is 103 Å². The molecule has 0 spiro atoms. The molecule has 35 heteroatoms. The van der Waals surface area contributed by atoms with Gasteiger partial charge in [-0.2, -0.15) is 5.53 Å². The van der Waals surface area contributed by atoms with Crippen molar-refractivity contribution in [2.24, 2.45) is 0 Å². The molecule has 0 aromatic heterocycles. The summed E-state index contributed by atoms with van der Waals surface area (Å²) in [6, 6.07) is 26.7. The summed E-state index contributed by atoms with van der Waals surface area (Å²) < 4.78 is 0. The number of nitrogens with one attached hydrogen (secondary N) is 15. The predicted molar refractivity (Wildman–Crippen MR) is 425 cm³/mol. The van der Waals surface area contributed by atoms with E-state index in [0.717, 1.165) is 60.8 Å². The monoisotopic (exact) mass is 1610 g/mol. The number of hydrogen-bond donors (Lipinski definition) is 21. The van der Waals surface area contributed by atoms with Gasteiger partial charge in [0, 0.05) is 90.9 Å². The van der Waals surface area contributed by atoms with Gasteiger partial charge in [-0.15, -0.1) is 0 Å². The molecule has 4 aromatic carbocycles. The molecule has 8 unspecified atom stereocenters. The van der Waals surface area contributed by atoms with Crippen molar-refractivity contribution in [1.29, 1.82) is 0 Å². The van der Waals surface area contributed by atoms with Crippen LogP contribution in [0.25, 0.3) is 0 Å². The van der Waals surface area contributed by atoms with E-state index in [1.54, 1.807) is 0 Å². The Hall–Kier alpha value is -11.1. The average Bonchev–Trinajstić information content (AvgIpc) is 0.870. The Bertz CT molecular complexity index is 3380. The van der Waals surface area contributed by atoms with Crippen molar-refractivity contribution in [3.8, 4) is 0 Å². The highest BCUT2D eigenvalue weighted by Gasteiger charge is 2.31. The predicted octanol–water partition coefficient (Wildman–Crippen LogP) is 3.07. The van der Waals surface area contributed by atoms with Crippen LogP contribution in [-0.4, -0.2) is 215 Å². The first-order valence-corrected chi connectivity index (χ1v) is 39.4. The molecule has 8 atom stereocenters. The molecule has 0 bridgehead atoms. The molecule has 0 saturated carbocycles. The van der Waals surface area contributed by atoms with E-state index in [2.05, 4.69) is 80.2 Å². The van der Waals surface area contributed by atoms with Crippen LogP contribution in [0.3, 0.4) is 0 Å². The van der Waals surface area contributed by atoms with Crippen LogP contribution in [0.4, 0.5) is 9.59 Å². The number of unbranched alkanes of at least 4 members (excludes halogenated alkanes) is 10. The average molecular weight is 1610 g/mol. The fourth-order valence-corrected chi connectivity index (χ4v) is 12.1. The third kappa shape index (κ3) is 44.8. The van der Waals surface area contributed by atoms with Crippen molar-refractivity contribution < 1.29 is 97.8 Å². The van der Waals surface area contributed by atoms with E-state index in [1.165, 1.54) is 0 Å². The Kier molecular flexibility index (Phi) is 48.4. The number of carboxylic acid groups (broad SMARTS) is 6. The number of rotatable bonds is 64. The molecular weight excluding hydrogens is 1490 g/mol. The standard InChI is InChI=1S/C80H117N15O20/c96-67(83-43-25-21-35-59(75(106)107)91-79(114)93-61(77(110)111)39-41-69(98)99)37-19-3-1-5-23-45-85-71(102)65(53-57-31-15-9-16-32-57)89-73(104)63(51-55-27-11-7-12-28-55)81-47-49-87-95-88-50-48-82-64(52-56-29-13-8-14-30-56)74(105)90-66(54-58-33-17-10-18-34-58)72(103)86-46-24-6-2-4-20-38-68(97)84-44-26-22-36-60(76(108)109)92-80(115)94-62(78(112)113)40-42-70(100)101/h7-18,27-34,59-66,81-82,87-88,95H,1-6,19-26,35-54H2,(H,83,96)(H,84,97)(H,85,102)(H,86,103)(H,89,104)(H,90,105)(H,98,99)(H,100,101)(H,106,107)(H,108,109)(H,110,111)(H,112,113)(H2,91,93,114)(H2,92,94,115). The van der Waals surface area contributed by atoms with Crippen molar-refractivity contribution >= 4 is 83.3 Å². The summed E-state index contributed by atoms with van der Waals surface area (Å²) in [7, 11) is 0. The summed E-state index contributed by atoms with van der Waals surface area (Å²) in [5, 5.41) is 88.3. The zero-order chi connectivity index (χ0) is 83.8. The molecule has 632 valence electrons. The number of hydrazine groups is 2. The summed E-state index contributed by atoms with van der Waals surface area (Å²) in [4.78, 5) is 174. The lowest BCUT2D eigenvalue weighted by Gasteiger charge is -2.24. The van der Waals surface area contributed by atoms with Gasteiger partial charge >= 0.3 is 47.9 Å². The van der Waals surface area contributed by atoms with Gasteiger partial charge in [0.1, 0.15) is 36.3 Å². The highest BCUT2D eigenvalue weighted by Crippen LogP contribution is 2.14. The van der Waals surface area contributed by atoms with E-state index in [4.69, 9.17) is 10.2 Å². The molecule has 0 saturated heterocycles. The maximum absolute atomic E-state index is 14.3. The van der Waals surface area contributed by atoms with Crippen molar-refractivity contribution in [2.45, 2.75) is 215 Å². The van der Waals surface area contributed by atoms with Gasteiger partial charge in [-0.1, -0.05) is 160 Å². The van der Waals surface area contributed by atoms with Gasteiger partial charge in [0.05, 0.1) is 12.1 Å². The Balaban J connectivity index is 1.17. The molecule has 0 aliphatic carbocycles. The maximum atomic E-state index is 14.3. The minimum atomic E-state index is -1.52. The molecular formula is C80H117N15O20.